The minimum absolute atomic E-state index is 0.0376. The number of aliphatic hydroxyl groups excluding tert-OH is 5. The summed E-state index contributed by atoms with van der Waals surface area (Å²) in [5.41, 5.74) is 1.83. The second-order valence-electron chi connectivity index (χ2n) is 10.4. The number of methoxy groups -OCH3 is 2. The van der Waals surface area contributed by atoms with Crippen LogP contribution in [0.5, 0.6) is 23.0 Å². The highest BCUT2D eigenvalue weighted by atomic mass is 16.7. The molecule has 0 saturated carbocycles. The van der Waals surface area contributed by atoms with E-state index in [1.807, 2.05) is 0 Å². The van der Waals surface area contributed by atoms with Gasteiger partial charge in [0, 0.05) is 29.3 Å². The third-order valence-electron chi connectivity index (χ3n) is 7.67. The molecule has 0 spiro atoms. The average Bonchev–Trinajstić information content (AvgIpc) is 3.02. The van der Waals surface area contributed by atoms with Crippen LogP contribution in [0.25, 0.3) is 11.5 Å². The predicted molar refractivity (Wildman–Crippen MR) is 152 cm³/mol. The summed E-state index contributed by atoms with van der Waals surface area (Å²) in [5.74, 6) is 0.576. The normalized spacial score (nSPS) is 27.7. The molecule has 44 heavy (non-hydrogen) atoms. The number of phenols is 2. The molecule has 2 aromatic carbocycles. The lowest BCUT2D eigenvalue weighted by Gasteiger charge is -2.41. The van der Waals surface area contributed by atoms with Crippen molar-refractivity contribution in [2.45, 2.75) is 36.8 Å². The first-order valence-electron chi connectivity index (χ1n) is 13.6. The zero-order chi connectivity index (χ0) is 31.3. The summed E-state index contributed by atoms with van der Waals surface area (Å²) in [7, 11) is 2.72. The average molecular weight is 612 g/mol. The second kappa shape index (κ2) is 11.4. The van der Waals surface area contributed by atoms with E-state index in [0.29, 0.717) is 28.0 Å². The smallest absolute Gasteiger partial charge is 0.306 e. The van der Waals surface area contributed by atoms with E-state index in [1.54, 1.807) is 18.2 Å². The van der Waals surface area contributed by atoms with Gasteiger partial charge >= 0.3 is 5.76 Å². The Bertz CT molecular complexity index is 1590. The molecule has 13 nitrogen and oxygen atoms in total. The number of phenolic OH excluding ortho intramolecular Hbond substituents is 2. The molecule has 1 saturated heterocycles. The SMILES string of the molecule is COc1cc(C2=C(O[C@@H]3O[C@H](CO)[C@@H](O)[C@H](O)[C@H]3O)C3=C4C(=CC(O)=CC4[OH+]2)OC(c2ccc(O)cc2)=C3)cc(OC)c1O. The molecule has 13 heteroatoms. The van der Waals surface area contributed by atoms with Crippen molar-refractivity contribution in [3.05, 3.63) is 94.2 Å². The molecule has 1 fully saturated rings. The van der Waals surface area contributed by atoms with Crippen LogP contribution < -0.4 is 9.47 Å². The Morgan fingerprint density at radius 2 is 1.52 bits per heavy atom. The number of hydrogen-bond acceptors (Lipinski definition) is 12. The van der Waals surface area contributed by atoms with E-state index in [4.69, 9.17) is 28.4 Å². The lowest BCUT2D eigenvalue weighted by Crippen LogP contribution is -2.59. The predicted octanol–water partition coefficient (Wildman–Crippen LogP) is 1.22. The van der Waals surface area contributed by atoms with Crippen LogP contribution in [-0.2, 0) is 14.2 Å². The van der Waals surface area contributed by atoms with Crippen LogP contribution >= 0.6 is 0 Å². The van der Waals surface area contributed by atoms with E-state index in [9.17, 15) is 35.7 Å². The molecule has 6 atom stereocenters. The summed E-state index contributed by atoms with van der Waals surface area (Å²) < 4.78 is 33.7. The van der Waals surface area contributed by atoms with Crippen molar-refractivity contribution in [3.8, 4) is 23.0 Å². The number of benzene rings is 2. The molecule has 3 heterocycles. The largest absolute Gasteiger partial charge is 0.571 e. The van der Waals surface area contributed by atoms with Crippen LogP contribution in [0.3, 0.4) is 0 Å². The van der Waals surface area contributed by atoms with Crippen molar-refractivity contribution in [3.63, 3.8) is 0 Å². The monoisotopic (exact) mass is 611 g/mol. The Kier molecular flexibility index (Phi) is 7.65. The molecule has 2 aromatic rings. The molecule has 1 aliphatic carbocycles. The fraction of sp³-hybridized carbons (Fsp3) is 0.290. The molecule has 1 unspecified atom stereocenters. The molecular formula is C31H31O13+. The minimum atomic E-state index is -1.74. The number of allylic oxidation sites excluding steroid dienone is 2. The Hall–Kier alpha value is -4.66. The Morgan fingerprint density at radius 1 is 0.841 bits per heavy atom. The number of rotatable bonds is 7. The van der Waals surface area contributed by atoms with E-state index in [2.05, 4.69) is 0 Å². The van der Waals surface area contributed by atoms with E-state index < -0.39 is 43.4 Å². The molecule has 0 radical (unpaired) electrons. The van der Waals surface area contributed by atoms with Gasteiger partial charge in [0.15, 0.2) is 11.5 Å². The highest BCUT2D eigenvalue weighted by molar-refractivity contribution is 5.79. The van der Waals surface area contributed by atoms with Gasteiger partial charge in [-0.1, -0.05) is 0 Å². The van der Waals surface area contributed by atoms with Crippen LogP contribution in [0.2, 0.25) is 0 Å². The maximum atomic E-state index is 10.9. The van der Waals surface area contributed by atoms with Gasteiger partial charge in [-0.05, 0) is 30.3 Å². The number of aliphatic hydroxyl groups is 7. The highest BCUT2D eigenvalue weighted by Gasteiger charge is 2.48. The van der Waals surface area contributed by atoms with Crippen molar-refractivity contribution in [2.24, 2.45) is 0 Å². The molecule has 8 N–H and O–H groups in total. The first kappa shape index (κ1) is 29.4. The van der Waals surface area contributed by atoms with Gasteiger partial charge in [0.05, 0.1) is 32.5 Å². The van der Waals surface area contributed by atoms with E-state index in [1.165, 1.54) is 50.6 Å². The minimum Gasteiger partial charge on any atom is -0.571 e. The third-order valence-corrected chi connectivity index (χ3v) is 7.67. The van der Waals surface area contributed by atoms with Gasteiger partial charge in [0.2, 0.25) is 23.9 Å². The zero-order valence-corrected chi connectivity index (χ0v) is 23.5. The van der Waals surface area contributed by atoms with Gasteiger partial charge < -0.3 is 64.2 Å². The topological polar surface area (TPSA) is 201 Å². The van der Waals surface area contributed by atoms with Crippen LogP contribution in [0.1, 0.15) is 11.1 Å². The van der Waals surface area contributed by atoms with Crippen LogP contribution in [-0.4, -0.2) is 98.1 Å². The molecular weight excluding hydrogens is 580 g/mol. The highest BCUT2D eigenvalue weighted by Crippen LogP contribution is 2.48. The number of hydrogen-bond donors (Lipinski definition) is 7. The summed E-state index contributed by atoms with van der Waals surface area (Å²) in [6.07, 6.45) is -4.08. The molecule has 0 amide bonds. The molecule has 0 bridgehead atoms. The lowest BCUT2D eigenvalue weighted by molar-refractivity contribution is -0.291. The first-order chi connectivity index (χ1) is 21.1. The van der Waals surface area contributed by atoms with Gasteiger partial charge in [-0.3, -0.25) is 0 Å². The van der Waals surface area contributed by atoms with Crippen LogP contribution in [0.4, 0.5) is 0 Å². The quantitative estimate of drug-likeness (QED) is 0.221. The standard InChI is InChI=1S/C31H30O13/c1-39-21-7-14(8-22(40-2)25(21)35)29-30(44-31-28(38)27(37)26(36)23(12-32)43-31)17-11-18(13-3-5-15(33)6-4-13)41-19-9-16(34)10-20(42-29)24(17)19/h3-11,20,23,26-28,31-38H,12H2,1-2H3/p+1/t20?,23-,26-,27+,28-,31+/m1/s1. The van der Waals surface area contributed by atoms with Crippen molar-refractivity contribution in [1.82, 2.24) is 0 Å². The summed E-state index contributed by atoms with van der Waals surface area (Å²) in [4.78, 5) is 0. The van der Waals surface area contributed by atoms with Crippen molar-refractivity contribution >= 4 is 11.5 Å². The van der Waals surface area contributed by atoms with Crippen LogP contribution in [0.15, 0.2) is 83.0 Å². The van der Waals surface area contributed by atoms with Gasteiger partial charge in [0.1, 0.15) is 53.0 Å². The molecule has 6 rings (SSSR count). The van der Waals surface area contributed by atoms with E-state index >= 15 is 0 Å². The summed E-state index contributed by atoms with van der Waals surface area (Å²) >= 11 is 0. The maximum Gasteiger partial charge on any atom is 0.306 e. The fourth-order valence-corrected chi connectivity index (χ4v) is 5.40. The number of ether oxygens (including phenoxy) is 6. The Morgan fingerprint density at radius 3 is 2.16 bits per heavy atom. The lowest BCUT2D eigenvalue weighted by atomic mass is 9.88. The maximum absolute atomic E-state index is 10.9. The molecule has 0 aromatic heterocycles. The van der Waals surface area contributed by atoms with Gasteiger partial charge in [-0.25, -0.2) is 0 Å². The summed E-state index contributed by atoms with van der Waals surface area (Å²) in [6.45, 7) is -0.667. The first-order valence-corrected chi connectivity index (χ1v) is 13.6. The fourth-order valence-electron chi connectivity index (χ4n) is 5.40. The third kappa shape index (κ3) is 5.00. The Labute approximate surface area is 250 Å². The summed E-state index contributed by atoms with van der Waals surface area (Å²) in [6, 6.07) is 9.22. The van der Waals surface area contributed by atoms with Gasteiger partial charge in [-0.15, -0.1) is 0 Å². The molecule has 3 aliphatic heterocycles. The zero-order valence-electron chi connectivity index (χ0n) is 23.5. The van der Waals surface area contributed by atoms with Crippen LogP contribution in [0, 0.1) is 0 Å². The van der Waals surface area contributed by atoms with Gasteiger partial charge in [0.25, 0.3) is 0 Å². The van der Waals surface area contributed by atoms with E-state index in [0.717, 1.165) is 0 Å². The van der Waals surface area contributed by atoms with Crippen molar-refractivity contribution in [1.29, 1.82) is 0 Å². The Balaban J connectivity index is 1.57. The second-order valence-corrected chi connectivity index (χ2v) is 10.4. The van der Waals surface area contributed by atoms with Crippen molar-refractivity contribution in [2.75, 3.05) is 20.8 Å². The van der Waals surface area contributed by atoms with E-state index in [-0.39, 0.29) is 46.0 Å². The summed E-state index contributed by atoms with van der Waals surface area (Å²) in [5, 5.41) is 72.4. The molecule has 4 aliphatic rings. The van der Waals surface area contributed by atoms with Gasteiger partial charge in [-0.2, -0.15) is 0 Å². The number of aromatic hydroxyl groups is 2. The molecule has 232 valence electrons. The van der Waals surface area contributed by atoms with Crippen molar-refractivity contribution < 1.29 is 64.2 Å².